The van der Waals surface area contributed by atoms with Gasteiger partial charge < -0.3 is 21.0 Å². The van der Waals surface area contributed by atoms with Crippen LogP contribution in [-0.2, 0) is 19.2 Å². The monoisotopic (exact) mass is 508 g/mol. The summed E-state index contributed by atoms with van der Waals surface area (Å²) in [5.74, 6) is -1.71. The summed E-state index contributed by atoms with van der Waals surface area (Å²) in [5, 5.41) is 23.1. The molecule has 1 unspecified atom stereocenters. The molecule has 2 aliphatic heterocycles. The number of oxime groups is 1. The van der Waals surface area contributed by atoms with Crippen LogP contribution in [0.25, 0.3) is 0 Å². The fourth-order valence-corrected chi connectivity index (χ4v) is 6.11. The van der Waals surface area contributed by atoms with Gasteiger partial charge in [-0.05, 0) is 11.6 Å². The molecule has 2 atom stereocenters. The van der Waals surface area contributed by atoms with Gasteiger partial charge in [-0.15, -0.1) is 22.0 Å². The topological polar surface area (TPSA) is 186 Å². The van der Waals surface area contributed by atoms with E-state index in [9.17, 15) is 19.5 Å². The number of carbonyl (C=O) groups is 3. The molecule has 4 N–H and O–H groups in total. The van der Waals surface area contributed by atoms with Crippen LogP contribution in [0.1, 0.15) is 5.82 Å². The van der Waals surface area contributed by atoms with Crippen molar-refractivity contribution < 1.29 is 24.3 Å². The minimum absolute atomic E-state index is 0.0728. The molecule has 0 bridgehead atoms. The van der Waals surface area contributed by atoms with Crippen molar-refractivity contribution in [1.29, 1.82) is 0 Å². The highest BCUT2D eigenvalue weighted by Gasteiger charge is 2.54. The van der Waals surface area contributed by atoms with E-state index < -0.39 is 29.2 Å². The molecule has 4 heterocycles. The van der Waals surface area contributed by atoms with Gasteiger partial charge in [-0.1, -0.05) is 28.3 Å². The number of nitrogen functional groups attached to an aromatic ring is 1. The molecule has 13 nitrogen and oxygen atoms in total. The predicted octanol–water partition coefficient (Wildman–Crippen LogP) is -0.208. The minimum atomic E-state index is -1.21. The highest BCUT2D eigenvalue weighted by molar-refractivity contribution is 8.01. The lowest BCUT2D eigenvalue weighted by Crippen LogP contribution is -2.71. The zero-order valence-corrected chi connectivity index (χ0v) is 19.3. The maximum Gasteiger partial charge on any atom is 0.352 e. The molecule has 0 spiro atoms. The Kier molecular flexibility index (Phi) is 6.75. The summed E-state index contributed by atoms with van der Waals surface area (Å²) in [6, 6.07) is 0.496. The van der Waals surface area contributed by atoms with E-state index in [1.54, 1.807) is 5.51 Å². The van der Waals surface area contributed by atoms with Gasteiger partial charge in [0.1, 0.15) is 35.6 Å². The third kappa shape index (κ3) is 4.62. The van der Waals surface area contributed by atoms with Crippen LogP contribution in [0.15, 0.2) is 38.5 Å². The van der Waals surface area contributed by atoms with Gasteiger partial charge in [0.15, 0.2) is 10.2 Å². The lowest BCUT2D eigenvalue weighted by Gasteiger charge is -2.49. The summed E-state index contributed by atoms with van der Waals surface area (Å²) in [6.45, 7) is 0. The summed E-state index contributed by atoms with van der Waals surface area (Å²) in [6.07, 6.45) is 1.36. The molecular weight excluding hydrogens is 492 g/mol. The second kappa shape index (κ2) is 9.72. The number of carboxylic acid groups (broad SMARTS) is 1. The maximum atomic E-state index is 12.8. The summed E-state index contributed by atoms with van der Waals surface area (Å²) in [7, 11) is 1.25. The molecule has 172 valence electrons. The standard InChI is InChI=1S/C17H16N8O5S3/c1-30-24-9(12-19-3-2-8(18)21-12)13(26)22-10-14(27)25-11(16(28)29)7(4-31-15(10)25)5-32-17-23-20-6-33-17/h2-3,6,10,15H,4-5H2,1H3,(H,22,26)(H,28,29)(H2,18,19,21)/t10?,15-/m1/s1. The van der Waals surface area contributed by atoms with Crippen molar-refractivity contribution in [2.45, 2.75) is 15.8 Å². The quantitative estimate of drug-likeness (QED) is 0.185. The van der Waals surface area contributed by atoms with E-state index in [1.165, 1.54) is 59.1 Å². The predicted molar refractivity (Wildman–Crippen MR) is 120 cm³/mol. The summed E-state index contributed by atoms with van der Waals surface area (Å²) < 4.78 is 0.702. The summed E-state index contributed by atoms with van der Waals surface area (Å²) >= 11 is 4.06. The van der Waals surface area contributed by atoms with Gasteiger partial charge in [-0.25, -0.2) is 14.8 Å². The van der Waals surface area contributed by atoms with Crippen molar-refractivity contribution in [1.82, 2.24) is 30.4 Å². The first-order chi connectivity index (χ1) is 15.9. The molecule has 33 heavy (non-hydrogen) atoms. The average Bonchev–Trinajstić information content (AvgIpc) is 3.32. The minimum Gasteiger partial charge on any atom is -0.477 e. The number of β-lactam (4-membered cyclic amide) rings is 1. The van der Waals surface area contributed by atoms with Crippen LogP contribution in [0.5, 0.6) is 0 Å². The van der Waals surface area contributed by atoms with Gasteiger partial charge in [0.2, 0.25) is 5.71 Å². The normalized spacial score (nSPS) is 20.2. The van der Waals surface area contributed by atoms with Gasteiger partial charge >= 0.3 is 5.97 Å². The summed E-state index contributed by atoms with van der Waals surface area (Å²) in [4.78, 5) is 51.4. The number of aliphatic carboxylic acids is 1. The van der Waals surface area contributed by atoms with Gasteiger partial charge in [-0.3, -0.25) is 14.5 Å². The number of amides is 2. The molecule has 1 fully saturated rings. The summed E-state index contributed by atoms with van der Waals surface area (Å²) in [5.41, 5.74) is 7.48. The molecular formula is C17H16N8O5S3. The van der Waals surface area contributed by atoms with Gasteiger partial charge in [0.05, 0.1) is 0 Å². The fraction of sp³-hybridized carbons (Fsp3) is 0.294. The highest BCUT2D eigenvalue weighted by Crippen LogP contribution is 2.41. The Morgan fingerprint density at radius 3 is 2.97 bits per heavy atom. The molecule has 0 radical (unpaired) electrons. The zero-order chi connectivity index (χ0) is 23.5. The van der Waals surface area contributed by atoms with Crippen LogP contribution in [0.3, 0.4) is 0 Å². The van der Waals surface area contributed by atoms with Crippen molar-refractivity contribution in [2.24, 2.45) is 5.16 Å². The van der Waals surface area contributed by atoms with Crippen molar-refractivity contribution >= 4 is 64.2 Å². The first-order valence-corrected chi connectivity index (χ1v) is 12.1. The molecule has 4 rings (SSSR count). The number of carbonyl (C=O) groups excluding carboxylic acids is 2. The number of aromatic nitrogens is 4. The molecule has 2 aliphatic rings. The van der Waals surface area contributed by atoms with Crippen LogP contribution in [0.2, 0.25) is 0 Å². The van der Waals surface area contributed by atoms with Crippen LogP contribution >= 0.6 is 34.9 Å². The smallest absolute Gasteiger partial charge is 0.352 e. The lowest BCUT2D eigenvalue weighted by atomic mass is 10.0. The molecule has 2 aromatic rings. The van der Waals surface area contributed by atoms with Crippen LogP contribution in [-0.4, -0.2) is 83.7 Å². The third-order valence-corrected chi connectivity index (χ3v) is 7.82. The Bertz CT molecular complexity index is 1160. The number of nitrogens with one attached hydrogen (secondary N) is 1. The van der Waals surface area contributed by atoms with Crippen molar-refractivity contribution in [2.75, 3.05) is 24.3 Å². The van der Waals surface area contributed by atoms with E-state index in [1.807, 2.05) is 0 Å². The van der Waals surface area contributed by atoms with Crippen LogP contribution in [0, 0.1) is 0 Å². The molecule has 2 amide bonds. The number of hydrogen-bond donors (Lipinski definition) is 3. The number of hydrogen-bond acceptors (Lipinski definition) is 13. The Morgan fingerprint density at radius 2 is 2.30 bits per heavy atom. The van der Waals surface area contributed by atoms with E-state index in [-0.39, 0.29) is 23.1 Å². The number of nitrogens with zero attached hydrogens (tertiary/aromatic N) is 6. The number of thioether (sulfide) groups is 2. The van der Waals surface area contributed by atoms with Crippen molar-refractivity contribution in [3.8, 4) is 0 Å². The SMILES string of the molecule is CON=C(C(=O)NC1C(=O)N2C(C(=O)O)=C(CSc3nncs3)CS[C@H]12)c1nccc(N)n1. The van der Waals surface area contributed by atoms with E-state index in [0.717, 1.165) is 0 Å². The molecule has 0 aliphatic carbocycles. The van der Waals surface area contributed by atoms with Crippen LogP contribution in [0.4, 0.5) is 5.82 Å². The first-order valence-electron chi connectivity index (χ1n) is 9.20. The van der Waals surface area contributed by atoms with Gasteiger partial charge in [-0.2, -0.15) is 0 Å². The van der Waals surface area contributed by atoms with E-state index in [0.29, 0.717) is 21.4 Å². The number of carboxylic acids is 1. The average molecular weight is 509 g/mol. The maximum absolute atomic E-state index is 12.8. The van der Waals surface area contributed by atoms with E-state index >= 15 is 0 Å². The van der Waals surface area contributed by atoms with E-state index in [2.05, 4.69) is 30.6 Å². The largest absolute Gasteiger partial charge is 0.477 e. The second-order valence-electron chi connectivity index (χ2n) is 6.54. The fourth-order valence-electron chi connectivity index (χ4n) is 3.14. The zero-order valence-electron chi connectivity index (χ0n) is 16.9. The third-order valence-electron chi connectivity index (χ3n) is 4.53. The molecule has 0 aromatic carbocycles. The molecule has 2 aromatic heterocycles. The molecule has 16 heteroatoms. The second-order valence-corrected chi connectivity index (χ2v) is 9.70. The van der Waals surface area contributed by atoms with Crippen LogP contribution < -0.4 is 11.1 Å². The number of rotatable bonds is 8. The lowest BCUT2D eigenvalue weighted by molar-refractivity contribution is -0.150. The first kappa shape index (κ1) is 22.9. The molecule has 1 saturated heterocycles. The number of anilines is 1. The van der Waals surface area contributed by atoms with Crippen molar-refractivity contribution in [3.05, 3.63) is 34.9 Å². The van der Waals surface area contributed by atoms with E-state index in [4.69, 9.17) is 10.6 Å². The Labute approximate surface area is 198 Å². The Balaban J connectivity index is 1.50. The number of nitrogens with two attached hydrogens (primary N) is 1. The number of fused-ring (bicyclic) bond motifs is 1. The van der Waals surface area contributed by atoms with Gasteiger partial charge in [0.25, 0.3) is 11.8 Å². The van der Waals surface area contributed by atoms with Gasteiger partial charge in [0, 0.05) is 17.7 Å². The Hall–Kier alpha value is -3.24. The Morgan fingerprint density at radius 1 is 1.48 bits per heavy atom. The molecule has 0 saturated carbocycles. The van der Waals surface area contributed by atoms with Crippen molar-refractivity contribution in [3.63, 3.8) is 0 Å². The highest BCUT2D eigenvalue weighted by atomic mass is 32.2.